The van der Waals surface area contributed by atoms with Crippen LogP contribution in [0.5, 0.6) is 0 Å². The molecule has 5 nitrogen and oxygen atoms in total. The van der Waals surface area contributed by atoms with E-state index in [2.05, 4.69) is 24.1 Å². The zero-order valence-electron chi connectivity index (χ0n) is 12.2. The lowest BCUT2D eigenvalue weighted by Crippen LogP contribution is -2.43. The molecule has 1 unspecified atom stereocenters. The highest BCUT2D eigenvalue weighted by Gasteiger charge is 2.20. The van der Waals surface area contributed by atoms with Crippen molar-refractivity contribution in [1.82, 2.24) is 10.2 Å². The Balaban J connectivity index is 1.88. The van der Waals surface area contributed by atoms with Gasteiger partial charge in [-0.3, -0.25) is 10.1 Å². The minimum atomic E-state index is -0.359. The standard InChI is InChI=1S/C15H23N3O2/c1-3-17-10-8-14(9-11-17)16-12(2)13-4-6-15(7-5-13)18(19)20/h4-7,12,14,16H,3,8-11H2,1-2H3. The molecule has 1 saturated heterocycles. The minimum absolute atomic E-state index is 0.150. The number of rotatable bonds is 5. The highest BCUT2D eigenvalue weighted by Crippen LogP contribution is 2.20. The van der Waals surface area contributed by atoms with E-state index in [0.717, 1.165) is 25.2 Å². The summed E-state index contributed by atoms with van der Waals surface area (Å²) < 4.78 is 0. The fourth-order valence-electron chi connectivity index (χ4n) is 2.75. The van der Waals surface area contributed by atoms with Crippen LogP contribution in [0.1, 0.15) is 38.3 Å². The van der Waals surface area contributed by atoms with Gasteiger partial charge < -0.3 is 10.2 Å². The zero-order valence-corrected chi connectivity index (χ0v) is 12.2. The molecule has 2 rings (SSSR count). The van der Waals surface area contributed by atoms with Crippen LogP contribution in [0.2, 0.25) is 0 Å². The van der Waals surface area contributed by atoms with E-state index in [4.69, 9.17) is 0 Å². The Morgan fingerprint density at radius 3 is 2.45 bits per heavy atom. The van der Waals surface area contributed by atoms with Crippen LogP contribution in [0.25, 0.3) is 0 Å². The monoisotopic (exact) mass is 277 g/mol. The van der Waals surface area contributed by atoms with E-state index in [1.54, 1.807) is 12.1 Å². The first-order valence-corrected chi connectivity index (χ1v) is 7.33. The number of piperidine rings is 1. The van der Waals surface area contributed by atoms with Crippen LogP contribution in [0.15, 0.2) is 24.3 Å². The molecule has 0 aliphatic carbocycles. The molecule has 0 aromatic heterocycles. The number of nitrogens with zero attached hydrogens (tertiary/aromatic N) is 2. The molecule has 1 aliphatic heterocycles. The van der Waals surface area contributed by atoms with E-state index in [9.17, 15) is 10.1 Å². The van der Waals surface area contributed by atoms with Gasteiger partial charge in [-0.05, 0) is 45.0 Å². The highest BCUT2D eigenvalue weighted by molar-refractivity contribution is 5.34. The van der Waals surface area contributed by atoms with Gasteiger partial charge in [0.1, 0.15) is 0 Å². The number of hydrogen-bond donors (Lipinski definition) is 1. The van der Waals surface area contributed by atoms with E-state index in [1.807, 2.05) is 12.1 Å². The number of nitro benzene ring substituents is 1. The third-order valence-electron chi connectivity index (χ3n) is 4.12. The Morgan fingerprint density at radius 2 is 1.95 bits per heavy atom. The van der Waals surface area contributed by atoms with Crippen LogP contribution >= 0.6 is 0 Å². The molecule has 1 atom stereocenters. The lowest BCUT2D eigenvalue weighted by Gasteiger charge is -2.33. The summed E-state index contributed by atoms with van der Waals surface area (Å²) in [6.07, 6.45) is 2.34. The third-order valence-corrected chi connectivity index (χ3v) is 4.12. The molecule has 0 radical (unpaired) electrons. The first-order valence-electron chi connectivity index (χ1n) is 7.33. The normalized spacial score (nSPS) is 18.9. The average Bonchev–Trinajstić information content (AvgIpc) is 2.48. The maximum Gasteiger partial charge on any atom is 0.269 e. The molecule has 0 bridgehead atoms. The summed E-state index contributed by atoms with van der Waals surface area (Å²) >= 11 is 0. The van der Waals surface area contributed by atoms with Crippen LogP contribution in [0.4, 0.5) is 5.69 Å². The summed E-state index contributed by atoms with van der Waals surface area (Å²) in [6, 6.07) is 7.62. The number of nitrogens with one attached hydrogen (secondary N) is 1. The molecule has 5 heteroatoms. The van der Waals surface area contributed by atoms with Gasteiger partial charge in [-0.25, -0.2) is 0 Å². The maximum atomic E-state index is 10.6. The van der Waals surface area contributed by atoms with Crippen molar-refractivity contribution in [2.24, 2.45) is 0 Å². The molecule has 1 aliphatic rings. The van der Waals surface area contributed by atoms with E-state index < -0.39 is 0 Å². The van der Waals surface area contributed by atoms with Crippen molar-refractivity contribution < 1.29 is 4.92 Å². The quantitative estimate of drug-likeness (QED) is 0.664. The molecule has 0 saturated carbocycles. The van der Waals surface area contributed by atoms with Gasteiger partial charge in [-0.1, -0.05) is 19.1 Å². The molecular formula is C15H23N3O2. The second kappa shape index (κ2) is 6.81. The molecule has 1 fully saturated rings. The average molecular weight is 277 g/mol. The van der Waals surface area contributed by atoms with Gasteiger partial charge in [0, 0.05) is 24.2 Å². The maximum absolute atomic E-state index is 10.6. The van der Waals surface area contributed by atoms with Crippen LogP contribution in [0.3, 0.4) is 0 Å². The molecular weight excluding hydrogens is 254 g/mol. The van der Waals surface area contributed by atoms with Crippen LogP contribution in [-0.2, 0) is 0 Å². The van der Waals surface area contributed by atoms with E-state index >= 15 is 0 Å². The Kier molecular flexibility index (Phi) is 5.09. The lowest BCUT2D eigenvalue weighted by atomic mass is 10.0. The van der Waals surface area contributed by atoms with E-state index in [1.165, 1.54) is 12.8 Å². The predicted octanol–water partition coefficient (Wildman–Crippen LogP) is 2.73. The smallest absolute Gasteiger partial charge is 0.269 e. The SMILES string of the molecule is CCN1CCC(NC(C)c2ccc([N+](=O)[O-])cc2)CC1. The van der Waals surface area contributed by atoms with Gasteiger partial charge in [-0.2, -0.15) is 0 Å². The Labute approximate surface area is 120 Å². The summed E-state index contributed by atoms with van der Waals surface area (Å²) in [4.78, 5) is 12.8. The molecule has 20 heavy (non-hydrogen) atoms. The molecule has 1 N–H and O–H groups in total. The van der Waals surface area contributed by atoms with Crippen LogP contribution in [-0.4, -0.2) is 35.5 Å². The van der Waals surface area contributed by atoms with Crippen molar-refractivity contribution >= 4 is 5.69 Å². The largest absolute Gasteiger partial charge is 0.307 e. The van der Waals surface area contributed by atoms with Crippen LogP contribution < -0.4 is 5.32 Å². The second-order valence-corrected chi connectivity index (χ2v) is 5.45. The summed E-state index contributed by atoms with van der Waals surface area (Å²) in [5.74, 6) is 0. The van der Waals surface area contributed by atoms with Crippen molar-refractivity contribution in [2.45, 2.75) is 38.8 Å². The Hall–Kier alpha value is -1.46. The first kappa shape index (κ1) is 14.9. The summed E-state index contributed by atoms with van der Waals surface area (Å²) in [5, 5.41) is 14.3. The third kappa shape index (κ3) is 3.77. The molecule has 1 heterocycles. The number of benzene rings is 1. The van der Waals surface area contributed by atoms with E-state index in [-0.39, 0.29) is 16.7 Å². The minimum Gasteiger partial charge on any atom is -0.307 e. The predicted molar refractivity (Wildman–Crippen MR) is 79.8 cm³/mol. The number of likely N-dealkylation sites (tertiary alicyclic amines) is 1. The summed E-state index contributed by atoms with van der Waals surface area (Å²) in [5.41, 5.74) is 1.26. The Bertz CT molecular complexity index is 439. The fraction of sp³-hybridized carbons (Fsp3) is 0.600. The zero-order chi connectivity index (χ0) is 14.5. The fourth-order valence-corrected chi connectivity index (χ4v) is 2.75. The Morgan fingerprint density at radius 1 is 1.35 bits per heavy atom. The van der Waals surface area contributed by atoms with E-state index in [0.29, 0.717) is 6.04 Å². The highest BCUT2D eigenvalue weighted by atomic mass is 16.6. The van der Waals surface area contributed by atoms with Gasteiger partial charge >= 0.3 is 0 Å². The summed E-state index contributed by atoms with van der Waals surface area (Å²) in [6.45, 7) is 7.76. The number of non-ortho nitro benzene ring substituents is 1. The van der Waals surface area contributed by atoms with Crippen molar-refractivity contribution in [1.29, 1.82) is 0 Å². The van der Waals surface area contributed by atoms with Gasteiger partial charge in [-0.15, -0.1) is 0 Å². The topological polar surface area (TPSA) is 58.4 Å². The van der Waals surface area contributed by atoms with Gasteiger partial charge in [0.25, 0.3) is 5.69 Å². The molecule has 110 valence electrons. The lowest BCUT2D eigenvalue weighted by molar-refractivity contribution is -0.384. The van der Waals surface area contributed by atoms with Crippen molar-refractivity contribution in [3.63, 3.8) is 0 Å². The number of nitro groups is 1. The molecule has 0 spiro atoms. The first-order chi connectivity index (χ1) is 9.60. The van der Waals surface area contributed by atoms with Gasteiger partial charge in [0.15, 0.2) is 0 Å². The molecule has 1 aromatic rings. The van der Waals surface area contributed by atoms with Crippen LogP contribution in [0, 0.1) is 10.1 Å². The number of hydrogen-bond acceptors (Lipinski definition) is 4. The van der Waals surface area contributed by atoms with Gasteiger partial charge in [0.2, 0.25) is 0 Å². The van der Waals surface area contributed by atoms with Crippen molar-refractivity contribution in [2.75, 3.05) is 19.6 Å². The van der Waals surface area contributed by atoms with Crippen molar-refractivity contribution in [3.8, 4) is 0 Å². The molecule has 1 aromatic carbocycles. The second-order valence-electron chi connectivity index (χ2n) is 5.45. The molecule has 0 amide bonds. The summed E-state index contributed by atoms with van der Waals surface area (Å²) in [7, 11) is 0. The van der Waals surface area contributed by atoms with Crippen molar-refractivity contribution in [3.05, 3.63) is 39.9 Å². The van der Waals surface area contributed by atoms with Gasteiger partial charge in [0.05, 0.1) is 4.92 Å².